The van der Waals surface area contributed by atoms with E-state index in [4.69, 9.17) is 5.73 Å². The van der Waals surface area contributed by atoms with Gasteiger partial charge in [0, 0.05) is 18.6 Å². The van der Waals surface area contributed by atoms with Crippen LogP contribution < -0.4 is 5.73 Å². The zero-order chi connectivity index (χ0) is 13.9. The highest BCUT2D eigenvalue weighted by Gasteiger charge is 2.43. The smallest absolute Gasteiger partial charge is 0.0360 e. The topological polar surface area (TPSA) is 29.3 Å². The quantitative estimate of drug-likeness (QED) is 0.880. The lowest BCUT2D eigenvalue weighted by atomic mass is 9.83. The predicted octanol–water partition coefficient (Wildman–Crippen LogP) is 3.33. The molecule has 2 N–H and O–H groups in total. The Bertz CT molecular complexity index is 415. The van der Waals surface area contributed by atoms with E-state index in [1.54, 1.807) is 0 Å². The van der Waals surface area contributed by atoms with Gasteiger partial charge >= 0.3 is 0 Å². The van der Waals surface area contributed by atoms with E-state index < -0.39 is 0 Å². The van der Waals surface area contributed by atoms with Gasteiger partial charge in [0.25, 0.3) is 0 Å². The Kier molecular flexibility index (Phi) is 4.64. The van der Waals surface area contributed by atoms with Crippen LogP contribution in [0.5, 0.6) is 0 Å². The fourth-order valence-electron chi connectivity index (χ4n) is 3.84. The van der Waals surface area contributed by atoms with E-state index in [2.05, 4.69) is 50.1 Å². The number of nitrogens with two attached hydrogens (primary N) is 1. The summed E-state index contributed by atoms with van der Waals surface area (Å²) in [6.07, 6.45) is 5.17. The molecule has 0 bridgehead atoms. The Hall–Kier alpha value is -0.860. The molecule has 2 nitrogen and oxygen atoms in total. The Balaban J connectivity index is 2.18. The van der Waals surface area contributed by atoms with Crippen molar-refractivity contribution < 1.29 is 0 Å². The van der Waals surface area contributed by atoms with E-state index >= 15 is 0 Å². The van der Waals surface area contributed by atoms with Crippen molar-refractivity contribution in [3.05, 3.63) is 35.4 Å². The number of likely N-dealkylation sites (N-methyl/N-ethyl adjacent to an activating group) is 1. The standard InChI is InChI=1S/C17H28N2/c1-4-16-10-7-11-17(16,13-18)19(3)12-15-9-6-5-8-14(15)2/h5-6,8-9,16H,4,7,10-13,18H2,1-3H3. The van der Waals surface area contributed by atoms with Gasteiger partial charge in [-0.2, -0.15) is 0 Å². The average Bonchev–Trinajstić information content (AvgIpc) is 2.85. The molecular formula is C17H28N2. The van der Waals surface area contributed by atoms with Gasteiger partial charge in [0.2, 0.25) is 0 Å². The van der Waals surface area contributed by atoms with E-state index in [0.717, 1.165) is 19.0 Å². The van der Waals surface area contributed by atoms with Crippen molar-refractivity contribution >= 4 is 0 Å². The van der Waals surface area contributed by atoms with E-state index in [0.29, 0.717) is 0 Å². The summed E-state index contributed by atoms with van der Waals surface area (Å²) < 4.78 is 0. The van der Waals surface area contributed by atoms with Crippen LogP contribution in [0, 0.1) is 12.8 Å². The first-order valence-electron chi connectivity index (χ1n) is 7.60. The zero-order valence-corrected chi connectivity index (χ0v) is 12.7. The summed E-state index contributed by atoms with van der Waals surface area (Å²) in [6, 6.07) is 8.69. The van der Waals surface area contributed by atoms with Crippen LogP contribution in [0.1, 0.15) is 43.7 Å². The van der Waals surface area contributed by atoms with Gasteiger partial charge in [-0.3, -0.25) is 4.90 Å². The number of benzene rings is 1. The molecule has 106 valence electrons. The molecule has 0 spiro atoms. The summed E-state index contributed by atoms with van der Waals surface area (Å²) in [6.45, 7) is 6.31. The molecule has 19 heavy (non-hydrogen) atoms. The summed E-state index contributed by atoms with van der Waals surface area (Å²) in [5.74, 6) is 0.756. The molecule has 2 heteroatoms. The molecule has 0 heterocycles. The molecule has 0 aliphatic heterocycles. The molecule has 2 rings (SSSR count). The molecular weight excluding hydrogens is 232 g/mol. The number of rotatable bonds is 5. The fourth-order valence-corrected chi connectivity index (χ4v) is 3.84. The van der Waals surface area contributed by atoms with Crippen molar-refractivity contribution in [3.8, 4) is 0 Å². The number of hydrogen-bond donors (Lipinski definition) is 1. The van der Waals surface area contributed by atoms with Crippen molar-refractivity contribution in [2.75, 3.05) is 13.6 Å². The first kappa shape index (κ1) is 14.5. The van der Waals surface area contributed by atoms with Crippen LogP contribution in [0.15, 0.2) is 24.3 Å². The predicted molar refractivity (Wildman–Crippen MR) is 82.1 cm³/mol. The Morgan fingerprint density at radius 1 is 1.37 bits per heavy atom. The lowest BCUT2D eigenvalue weighted by Gasteiger charge is -2.43. The van der Waals surface area contributed by atoms with Crippen LogP contribution in [-0.4, -0.2) is 24.0 Å². The molecule has 1 aliphatic carbocycles. The summed E-state index contributed by atoms with van der Waals surface area (Å²) in [7, 11) is 2.26. The molecule has 0 saturated heterocycles. The highest BCUT2D eigenvalue weighted by atomic mass is 15.2. The number of aryl methyl sites for hydroxylation is 1. The van der Waals surface area contributed by atoms with Crippen molar-refractivity contribution in [1.29, 1.82) is 0 Å². The maximum Gasteiger partial charge on any atom is 0.0360 e. The highest BCUT2D eigenvalue weighted by molar-refractivity contribution is 5.25. The van der Waals surface area contributed by atoms with Crippen LogP contribution in [0.3, 0.4) is 0 Å². The second-order valence-corrected chi connectivity index (χ2v) is 6.09. The lowest BCUT2D eigenvalue weighted by Crippen LogP contribution is -2.54. The van der Waals surface area contributed by atoms with Gasteiger partial charge in [-0.05, 0) is 43.9 Å². The van der Waals surface area contributed by atoms with Crippen LogP contribution in [0.4, 0.5) is 0 Å². The highest BCUT2D eigenvalue weighted by Crippen LogP contribution is 2.41. The molecule has 1 aliphatic rings. The first-order chi connectivity index (χ1) is 9.14. The van der Waals surface area contributed by atoms with Crippen molar-refractivity contribution in [3.63, 3.8) is 0 Å². The zero-order valence-electron chi connectivity index (χ0n) is 12.7. The van der Waals surface area contributed by atoms with Gasteiger partial charge in [-0.25, -0.2) is 0 Å². The molecule has 1 saturated carbocycles. The van der Waals surface area contributed by atoms with E-state index in [1.165, 1.54) is 36.8 Å². The molecule has 2 atom stereocenters. The summed E-state index contributed by atoms with van der Waals surface area (Å²) in [5, 5.41) is 0. The fraction of sp³-hybridized carbons (Fsp3) is 0.647. The number of hydrogen-bond acceptors (Lipinski definition) is 2. The van der Waals surface area contributed by atoms with E-state index in [-0.39, 0.29) is 5.54 Å². The molecule has 1 aromatic rings. The van der Waals surface area contributed by atoms with E-state index in [9.17, 15) is 0 Å². The van der Waals surface area contributed by atoms with Gasteiger partial charge < -0.3 is 5.73 Å². The third kappa shape index (κ3) is 2.70. The van der Waals surface area contributed by atoms with Gasteiger partial charge in [-0.1, -0.05) is 44.0 Å². The lowest BCUT2D eigenvalue weighted by molar-refractivity contribution is 0.0745. The molecule has 2 unspecified atom stereocenters. The normalized spacial score (nSPS) is 27.1. The molecule has 0 radical (unpaired) electrons. The molecule has 1 fully saturated rings. The first-order valence-corrected chi connectivity index (χ1v) is 7.60. The van der Waals surface area contributed by atoms with Gasteiger partial charge in [0.05, 0.1) is 0 Å². The van der Waals surface area contributed by atoms with Crippen LogP contribution >= 0.6 is 0 Å². The summed E-state index contributed by atoms with van der Waals surface area (Å²) in [5.41, 5.74) is 9.22. The summed E-state index contributed by atoms with van der Waals surface area (Å²) >= 11 is 0. The maximum atomic E-state index is 6.19. The minimum atomic E-state index is 0.219. The Labute approximate surface area is 118 Å². The number of nitrogens with zero attached hydrogens (tertiary/aromatic N) is 1. The minimum Gasteiger partial charge on any atom is -0.329 e. The SMILES string of the molecule is CCC1CCCC1(CN)N(C)Cc1ccccc1C. The van der Waals surface area contributed by atoms with Crippen molar-refractivity contribution in [2.24, 2.45) is 11.7 Å². The van der Waals surface area contributed by atoms with Crippen molar-refractivity contribution in [2.45, 2.75) is 51.6 Å². The molecule has 1 aromatic carbocycles. The molecule has 0 amide bonds. The van der Waals surface area contributed by atoms with Crippen LogP contribution in [0.2, 0.25) is 0 Å². The van der Waals surface area contributed by atoms with Crippen molar-refractivity contribution in [1.82, 2.24) is 4.90 Å². The monoisotopic (exact) mass is 260 g/mol. The minimum absolute atomic E-state index is 0.219. The van der Waals surface area contributed by atoms with Crippen LogP contribution in [0.25, 0.3) is 0 Å². The average molecular weight is 260 g/mol. The third-order valence-corrected chi connectivity index (χ3v) is 5.20. The Morgan fingerprint density at radius 2 is 2.11 bits per heavy atom. The largest absolute Gasteiger partial charge is 0.329 e. The maximum absolute atomic E-state index is 6.19. The van der Waals surface area contributed by atoms with Gasteiger partial charge in [0.15, 0.2) is 0 Å². The van der Waals surface area contributed by atoms with Crippen LogP contribution in [-0.2, 0) is 6.54 Å². The van der Waals surface area contributed by atoms with Gasteiger partial charge in [-0.15, -0.1) is 0 Å². The second-order valence-electron chi connectivity index (χ2n) is 6.09. The third-order valence-electron chi connectivity index (χ3n) is 5.20. The van der Waals surface area contributed by atoms with Gasteiger partial charge in [0.1, 0.15) is 0 Å². The van der Waals surface area contributed by atoms with E-state index in [1.807, 2.05) is 0 Å². The second kappa shape index (κ2) is 6.06. The molecule has 0 aromatic heterocycles. The Morgan fingerprint density at radius 3 is 2.74 bits per heavy atom. The summed E-state index contributed by atoms with van der Waals surface area (Å²) in [4.78, 5) is 2.52.